The van der Waals surface area contributed by atoms with Gasteiger partial charge in [-0.2, -0.15) is 37.4 Å². The second kappa shape index (κ2) is 15.6. The molecule has 0 amide bonds. The van der Waals surface area contributed by atoms with E-state index < -0.39 is 11.9 Å². The van der Waals surface area contributed by atoms with Crippen LogP contribution in [0.5, 0.6) is 11.5 Å². The molecule has 0 aliphatic heterocycles. The van der Waals surface area contributed by atoms with Crippen molar-refractivity contribution in [2.45, 2.75) is 6.18 Å². The zero-order valence-corrected chi connectivity index (χ0v) is 26.5. The molecule has 0 N–H and O–H groups in total. The van der Waals surface area contributed by atoms with Gasteiger partial charge in [0, 0.05) is 68.3 Å². The van der Waals surface area contributed by atoms with Gasteiger partial charge in [-0.3, -0.25) is 4.98 Å². The molecule has 0 fully saturated rings. The Morgan fingerprint density at radius 1 is 0.818 bits per heavy atom. The van der Waals surface area contributed by atoms with Crippen LogP contribution in [-0.2, 0) is 40.4 Å². The number of hydrogen-bond acceptors (Lipinski definition) is 4. The normalized spacial score (nSPS) is 10.4. The smallest absolute Gasteiger partial charge is 0.431 e. The number of nitrogens with zero attached hydrogens (tertiary/aromatic N) is 7. The van der Waals surface area contributed by atoms with Gasteiger partial charge in [0.25, 0.3) is 0 Å². The van der Waals surface area contributed by atoms with Gasteiger partial charge in [-0.05, 0) is 18.2 Å². The van der Waals surface area contributed by atoms with Gasteiger partial charge in [0.1, 0.15) is 5.69 Å². The summed E-state index contributed by atoms with van der Waals surface area (Å²) >= 11 is 0. The standard InChI is InChI=1S/2C11H11N2O.C9H5F3N3.Ir/c2*1-12-6-7-13(9-12)10-4-3-5-11(8-10)14-2;10-9(11,12)8-5-7(14-15-8)6-3-1-2-4-13-6;/h2*3,5-8H,1-2H3;1-5H;/q3*-1;. The van der Waals surface area contributed by atoms with E-state index in [4.69, 9.17) is 9.47 Å². The fraction of sp³-hybridized carbons (Fsp3) is 0.161. The average molecular weight is 779 g/mol. The van der Waals surface area contributed by atoms with Crippen LogP contribution in [0.4, 0.5) is 13.2 Å². The first kappa shape index (κ1) is 33.8. The number of benzene rings is 2. The van der Waals surface area contributed by atoms with E-state index in [0.29, 0.717) is 5.69 Å². The molecule has 4 aromatic heterocycles. The number of aromatic nitrogens is 7. The molecule has 0 unspecified atom stereocenters. The van der Waals surface area contributed by atoms with Crippen LogP contribution < -0.4 is 23.7 Å². The van der Waals surface area contributed by atoms with Gasteiger partial charge < -0.3 is 37.9 Å². The Balaban J connectivity index is 0.000000178. The van der Waals surface area contributed by atoms with Crippen LogP contribution >= 0.6 is 0 Å². The number of ether oxygens (including phenoxy) is 2. The van der Waals surface area contributed by atoms with Crippen molar-refractivity contribution in [2.24, 2.45) is 14.1 Å². The Morgan fingerprint density at radius 3 is 1.75 bits per heavy atom. The van der Waals surface area contributed by atoms with E-state index in [1.165, 1.54) is 6.20 Å². The van der Waals surface area contributed by atoms with Gasteiger partial charge in [0.15, 0.2) is 0 Å². The quantitative estimate of drug-likeness (QED) is 0.196. The molecule has 0 saturated carbocycles. The molecule has 0 bridgehead atoms. The van der Waals surface area contributed by atoms with Crippen LogP contribution in [0.25, 0.3) is 22.8 Å². The van der Waals surface area contributed by atoms with Gasteiger partial charge in [-0.25, -0.2) is 0 Å². The number of rotatable bonds is 5. The van der Waals surface area contributed by atoms with Crippen LogP contribution in [0, 0.1) is 24.8 Å². The minimum atomic E-state index is -4.46. The van der Waals surface area contributed by atoms with Gasteiger partial charge >= 0.3 is 6.18 Å². The molecule has 6 rings (SSSR count). The summed E-state index contributed by atoms with van der Waals surface area (Å²) in [4.78, 5) is 3.87. The van der Waals surface area contributed by atoms with E-state index in [1.54, 1.807) is 32.4 Å². The number of aryl methyl sites for hydroxylation is 2. The third-order valence-corrected chi connectivity index (χ3v) is 5.67. The van der Waals surface area contributed by atoms with Crippen LogP contribution in [0.3, 0.4) is 0 Å². The fourth-order valence-electron chi connectivity index (χ4n) is 3.55. The van der Waals surface area contributed by atoms with Crippen LogP contribution in [0.15, 0.2) is 91.6 Å². The molecule has 9 nitrogen and oxygen atoms in total. The molecule has 0 spiro atoms. The molecular weight excluding hydrogens is 752 g/mol. The second-order valence-corrected chi connectivity index (χ2v) is 8.81. The van der Waals surface area contributed by atoms with E-state index in [0.717, 1.165) is 28.9 Å². The Labute approximate surface area is 266 Å². The molecular formula is C31H27F3IrN7O2-3. The molecule has 2 aromatic carbocycles. The van der Waals surface area contributed by atoms with Crippen molar-refractivity contribution in [3.63, 3.8) is 0 Å². The summed E-state index contributed by atoms with van der Waals surface area (Å²) in [6.45, 7) is 0. The maximum absolute atomic E-state index is 12.2. The predicted octanol–water partition coefficient (Wildman–Crippen LogP) is 3.94. The van der Waals surface area contributed by atoms with Crippen molar-refractivity contribution in [1.82, 2.24) is 24.3 Å². The molecule has 0 atom stereocenters. The van der Waals surface area contributed by atoms with E-state index in [2.05, 4.69) is 40.0 Å². The van der Waals surface area contributed by atoms with Gasteiger partial charge in [-0.1, -0.05) is 23.1 Å². The molecule has 0 aliphatic carbocycles. The van der Waals surface area contributed by atoms with E-state index >= 15 is 0 Å². The number of hydrogen-bond donors (Lipinski definition) is 0. The minimum absolute atomic E-state index is 0. The SMILES string of the molecule is COc1cc[c-]c(-n2[c-][n+](C)cc2)c1.COc1cc[c-]c(-n2[c-][n+](C)cc2)c1.FC(F)(F)c1cc(-c2ccccn2)[n-]n1.[Ir]. The fourth-order valence-corrected chi connectivity index (χ4v) is 3.55. The Bertz CT molecular complexity index is 1650. The minimum Gasteiger partial charge on any atom is -0.573 e. The van der Waals surface area contributed by atoms with Crippen molar-refractivity contribution in [2.75, 3.05) is 14.2 Å². The van der Waals surface area contributed by atoms with E-state index in [9.17, 15) is 13.2 Å². The number of pyridine rings is 1. The van der Waals surface area contributed by atoms with Crippen molar-refractivity contribution >= 4 is 0 Å². The second-order valence-electron chi connectivity index (χ2n) is 8.81. The van der Waals surface area contributed by atoms with Gasteiger partial charge in [0.05, 0.1) is 28.3 Å². The van der Waals surface area contributed by atoms with Crippen molar-refractivity contribution in [1.29, 1.82) is 0 Å². The first-order valence-corrected chi connectivity index (χ1v) is 12.7. The number of methoxy groups -OCH3 is 2. The number of alkyl halides is 3. The molecule has 1 radical (unpaired) electrons. The van der Waals surface area contributed by atoms with Crippen molar-refractivity contribution < 1.29 is 51.9 Å². The molecule has 13 heteroatoms. The maximum Gasteiger partial charge on any atom is 0.431 e. The predicted molar refractivity (Wildman–Crippen MR) is 148 cm³/mol. The third kappa shape index (κ3) is 9.38. The largest absolute Gasteiger partial charge is 0.573 e. The Hall–Kier alpha value is -4.74. The van der Waals surface area contributed by atoms with Crippen LogP contribution in [-0.4, -0.2) is 33.4 Å². The molecule has 44 heavy (non-hydrogen) atoms. The molecule has 231 valence electrons. The molecule has 0 saturated heterocycles. The first-order valence-electron chi connectivity index (χ1n) is 12.7. The average Bonchev–Trinajstić information content (AvgIpc) is 3.80. The summed E-state index contributed by atoms with van der Waals surface area (Å²) in [7, 11) is 7.16. The summed E-state index contributed by atoms with van der Waals surface area (Å²) in [5.74, 6) is 1.65. The van der Waals surface area contributed by atoms with Crippen LogP contribution in [0.2, 0.25) is 0 Å². The zero-order chi connectivity index (χ0) is 30.8. The Kier molecular flexibility index (Phi) is 12.0. The summed E-state index contributed by atoms with van der Waals surface area (Å²) in [6.07, 6.45) is 10.9. The molecule has 6 aromatic rings. The summed E-state index contributed by atoms with van der Waals surface area (Å²) in [5, 5.41) is 6.47. The molecule has 4 heterocycles. The van der Waals surface area contributed by atoms with Crippen LogP contribution in [0.1, 0.15) is 5.69 Å². The summed E-state index contributed by atoms with van der Waals surface area (Å²) in [6, 6.07) is 23.2. The number of imidazole rings is 2. The van der Waals surface area contributed by atoms with E-state index in [1.807, 2.05) is 93.5 Å². The van der Waals surface area contributed by atoms with E-state index in [-0.39, 0.29) is 25.8 Å². The zero-order valence-electron chi connectivity index (χ0n) is 24.1. The van der Waals surface area contributed by atoms with Crippen molar-refractivity contribution in [3.05, 3.63) is 122 Å². The number of halogens is 3. The van der Waals surface area contributed by atoms with Gasteiger partial charge in [-0.15, -0.1) is 24.3 Å². The molecule has 0 aliphatic rings. The monoisotopic (exact) mass is 779 g/mol. The Morgan fingerprint density at radius 2 is 1.36 bits per heavy atom. The summed E-state index contributed by atoms with van der Waals surface area (Å²) < 4.78 is 54.3. The maximum atomic E-state index is 12.2. The van der Waals surface area contributed by atoms with Crippen molar-refractivity contribution in [3.8, 4) is 34.3 Å². The topological polar surface area (TPSA) is 76.0 Å². The summed E-state index contributed by atoms with van der Waals surface area (Å²) in [5.41, 5.74) is 1.35. The third-order valence-electron chi connectivity index (χ3n) is 5.67. The van der Waals surface area contributed by atoms with Gasteiger partial charge in [0.2, 0.25) is 12.7 Å². The first-order chi connectivity index (χ1) is 20.7.